The standard InChI is InChI=1S/C3H8O4S.Sn/c1-2-3(4)8(5,6)7;/h3-4H,2H2,1H3,(H,5,6,7);. The molecule has 0 aromatic carbocycles. The average Bonchev–Trinajstić information content (AvgIpc) is 1.62. The Hall–Kier alpha value is 0.669. The first-order valence-electron chi connectivity index (χ1n) is 2.13. The molecule has 9 heavy (non-hydrogen) atoms. The second kappa shape index (κ2) is 4.48. The Morgan fingerprint density at radius 3 is 1.89 bits per heavy atom. The van der Waals surface area contributed by atoms with Gasteiger partial charge in [-0.1, -0.05) is 6.92 Å². The molecule has 0 aliphatic carbocycles. The Morgan fingerprint density at radius 2 is 1.89 bits per heavy atom. The normalized spacial score (nSPS) is 14.1. The fourth-order valence-electron chi connectivity index (χ4n) is 0.211. The summed E-state index contributed by atoms with van der Waals surface area (Å²) < 4.78 is 27.7. The van der Waals surface area contributed by atoms with Gasteiger partial charge in [-0.25, -0.2) is 0 Å². The molecule has 0 saturated heterocycles. The third kappa shape index (κ3) is 5.13. The molecule has 0 fully saturated rings. The topological polar surface area (TPSA) is 74.6 Å². The Bertz CT molecular complexity index is 151. The third-order valence-corrected chi connectivity index (χ3v) is 1.71. The van der Waals surface area contributed by atoms with Crippen LogP contribution in [0.2, 0.25) is 0 Å². The van der Waals surface area contributed by atoms with Gasteiger partial charge in [-0.3, -0.25) is 4.55 Å². The zero-order valence-corrected chi connectivity index (χ0v) is 8.57. The maximum atomic E-state index is 9.87. The van der Waals surface area contributed by atoms with Crippen LogP contribution < -0.4 is 0 Å². The monoisotopic (exact) mass is 260 g/mol. The van der Waals surface area contributed by atoms with E-state index in [1.807, 2.05) is 0 Å². The van der Waals surface area contributed by atoms with Gasteiger partial charge in [0.1, 0.15) is 0 Å². The van der Waals surface area contributed by atoms with Crippen LogP contribution in [0.15, 0.2) is 0 Å². The molecule has 0 amide bonds. The first-order chi connectivity index (χ1) is 3.48. The van der Waals surface area contributed by atoms with Crippen molar-refractivity contribution in [3.63, 3.8) is 0 Å². The van der Waals surface area contributed by atoms with Gasteiger partial charge in [-0.05, 0) is 6.42 Å². The van der Waals surface area contributed by atoms with E-state index in [1.165, 1.54) is 6.92 Å². The first-order valence-corrected chi connectivity index (χ1v) is 3.63. The third-order valence-electron chi connectivity index (χ3n) is 0.693. The average molecular weight is 259 g/mol. The van der Waals surface area contributed by atoms with E-state index in [1.54, 1.807) is 0 Å². The van der Waals surface area contributed by atoms with Crippen molar-refractivity contribution in [2.75, 3.05) is 0 Å². The Kier molecular flexibility index (Phi) is 6.15. The zero-order valence-electron chi connectivity index (χ0n) is 4.90. The Balaban J connectivity index is 0. The van der Waals surface area contributed by atoms with Crippen molar-refractivity contribution in [1.82, 2.24) is 0 Å². The van der Waals surface area contributed by atoms with Crippen LogP contribution in [0.3, 0.4) is 0 Å². The van der Waals surface area contributed by atoms with Gasteiger partial charge >= 0.3 is 0 Å². The summed E-state index contributed by atoms with van der Waals surface area (Å²) in [6.45, 7) is 1.46. The second-order valence-electron chi connectivity index (χ2n) is 1.38. The second-order valence-corrected chi connectivity index (χ2v) is 2.95. The van der Waals surface area contributed by atoms with Crippen LogP contribution in [0.4, 0.5) is 0 Å². The number of aliphatic hydroxyl groups excluding tert-OH is 1. The van der Waals surface area contributed by atoms with E-state index < -0.39 is 15.6 Å². The number of rotatable bonds is 2. The van der Waals surface area contributed by atoms with Gasteiger partial charge in [-0.15, -0.1) is 0 Å². The molecule has 1 unspecified atom stereocenters. The molecule has 0 heterocycles. The van der Waals surface area contributed by atoms with Gasteiger partial charge in [0.15, 0.2) is 5.44 Å². The minimum absolute atomic E-state index is 0. The van der Waals surface area contributed by atoms with Gasteiger partial charge in [0.25, 0.3) is 10.1 Å². The number of hydrogen-bond acceptors (Lipinski definition) is 3. The number of aliphatic hydroxyl groups is 1. The quantitative estimate of drug-likeness (QED) is 0.504. The molecule has 0 aliphatic heterocycles. The van der Waals surface area contributed by atoms with Gasteiger partial charge in [0.05, 0.1) is 0 Å². The van der Waals surface area contributed by atoms with Crippen LogP contribution in [-0.4, -0.2) is 47.4 Å². The molecular weight excluding hydrogens is 251 g/mol. The maximum Gasteiger partial charge on any atom is 0.291 e. The van der Waals surface area contributed by atoms with E-state index in [4.69, 9.17) is 9.66 Å². The molecule has 0 aromatic rings. The van der Waals surface area contributed by atoms with Gasteiger partial charge in [0.2, 0.25) is 0 Å². The number of hydrogen-bond donors (Lipinski definition) is 2. The van der Waals surface area contributed by atoms with Gasteiger partial charge in [0, 0.05) is 23.9 Å². The van der Waals surface area contributed by atoms with E-state index in [9.17, 15) is 8.42 Å². The van der Waals surface area contributed by atoms with Gasteiger partial charge in [-0.2, -0.15) is 8.42 Å². The van der Waals surface area contributed by atoms with Crippen LogP contribution in [0.25, 0.3) is 0 Å². The van der Waals surface area contributed by atoms with Crippen molar-refractivity contribution in [2.24, 2.45) is 0 Å². The SMILES string of the molecule is CCC(O)S(=O)(=O)O.[Sn]. The first kappa shape index (κ1) is 12.4. The van der Waals surface area contributed by atoms with Crippen molar-refractivity contribution in [1.29, 1.82) is 0 Å². The van der Waals surface area contributed by atoms with Crippen LogP contribution >= 0.6 is 0 Å². The van der Waals surface area contributed by atoms with E-state index in [0.29, 0.717) is 0 Å². The van der Waals surface area contributed by atoms with E-state index in [0.717, 1.165) is 0 Å². The summed E-state index contributed by atoms with van der Waals surface area (Å²) in [7, 11) is -4.20. The van der Waals surface area contributed by atoms with E-state index >= 15 is 0 Å². The maximum absolute atomic E-state index is 9.87. The van der Waals surface area contributed by atoms with Crippen LogP contribution in [0, 0.1) is 0 Å². The molecular formula is C3H8O4SSn. The van der Waals surface area contributed by atoms with Crippen molar-refractivity contribution in [2.45, 2.75) is 18.8 Å². The summed E-state index contributed by atoms with van der Waals surface area (Å²) in [5, 5.41) is 8.36. The molecule has 1 atom stereocenters. The molecule has 6 heteroatoms. The predicted octanol–water partition coefficient (Wildman–Crippen LogP) is -0.778. The Labute approximate surface area is 71.0 Å². The summed E-state index contributed by atoms with van der Waals surface area (Å²) in [5.74, 6) is 0. The molecule has 4 nitrogen and oxygen atoms in total. The minimum atomic E-state index is -4.20. The molecule has 0 spiro atoms. The molecule has 0 saturated carbocycles. The van der Waals surface area contributed by atoms with Crippen molar-refractivity contribution < 1.29 is 18.1 Å². The summed E-state index contributed by atoms with van der Waals surface area (Å²) in [6, 6.07) is 0. The molecule has 0 aliphatic rings. The van der Waals surface area contributed by atoms with Crippen LogP contribution in [0.1, 0.15) is 13.3 Å². The molecule has 54 valence electrons. The fourth-order valence-corrected chi connectivity index (χ4v) is 0.632. The molecule has 0 bridgehead atoms. The smallest absolute Gasteiger partial charge is 0.291 e. The summed E-state index contributed by atoms with van der Waals surface area (Å²) in [5.41, 5.74) is -1.62. The predicted molar refractivity (Wildman–Crippen MR) is 33.6 cm³/mol. The zero-order chi connectivity index (χ0) is 6.78. The van der Waals surface area contributed by atoms with Crippen molar-refractivity contribution in [3.8, 4) is 0 Å². The molecule has 0 aromatic heterocycles. The van der Waals surface area contributed by atoms with E-state index in [-0.39, 0.29) is 30.3 Å². The molecule has 2 N–H and O–H groups in total. The van der Waals surface area contributed by atoms with Crippen molar-refractivity contribution in [3.05, 3.63) is 0 Å². The summed E-state index contributed by atoms with van der Waals surface area (Å²) in [4.78, 5) is 0. The molecule has 4 radical (unpaired) electrons. The minimum Gasteiger partial charge on any atom is -0.375 e. The molecule has 0 rings (SSSR count). The van der Waals surface area contributed by atoms with Crippen molar-refractivity contribution >= 4 is 34.0 Å². The summed E-state index contributed by atoms with van der Waals surface area (Å²) >= 11 is 0. The summed E-state index contributed by atoms with van der Waals surface area (Å²) in [6.07, 6.45) is 0.0127. The van der Waals surface area contributed by atoms with Crippen LogP contribution in [-0.2, 0) is 10.1 Å². The van der Waals surface area contributed by atoms with Crippen LogP contribution in [0.5, 0.6) is 0 Å². The largest absolute Gasteiger partial charge is 0.375 e. The van der Waals surface area contributed by atoms with E-state index in [2.05, 4.69) is 0 Å². The Morgan fingerprint density at radius 1 is 1.56 bits per heavy atom. The fraction of sp³-hybridized carbons (Fsp3) is 1.00. The van der Waals surface area contributed by atoms with Gasteiger partial charge < -0.3 is 5.11 Å².